The molecule has 0 radical (unpaired) electrons. The monoisotopic (exact) mass is 154 g/mol. The van der Waals surface area contributed by atoms with Gasteiger partial charge >= 0.3 is 0 Å². The number of hydrogen-bond acceptors (Lipinski definition) is 3. The Bertz CT molecular complexity index is 148. The molecule has 3 nitrogen and oxygen atoms in total. The Kier molecular flexibility index (Phi) is 1.92. The van der Waals surface area contributed by atoms with Crippen LogP contribution in [0.3, 0.4) is 0 Å². The lowest BCUT2D eigenvalue weighted by molar-refractivity contribution is -0.108. The summed E-state index contributed by atoms with van der Waals surface area (Å²) in [5, 5.41) is 3.37. The number of likely N-dealkylation sites (tertiary alicyclic amines) is 1. The Morgan fingerprint density at radius 1 is 1.36 bits per heavy atom. The molecule has 3 heteroatoms. The van der Waals surface area contributed by atoms with E-state index in [1.54, 1.807) is 0 Å². The molecule has 2 atom stereocenters. The van der Waals surface area contributed by atoms with Crippen LogP contribution in [-0.2, 0) is 4.79 Å². The molecular formula is C8H14N2O. The van der Waals surface area contributed by atoms with Gasteiger partial charge in [-0.15, -0.1) is 0 Å². The van der Waals surface area contributed by atoms with Gasteiger partial charge in [-0.2, -0.15) is 0 Å². The standard InChI is InChI=1S/C8H14N2O/c11-2-1-10-5-7-3-9-4-8(7)6-10/h2,7-9H,1,3-6H2. The van der Waals surface area contributed by atoms with Crippen molar-refractivity contribution in [1.82, 2.24) is 10.2 Å². The molecule has 62 valence electrons. The van der Waals surface area contributed by atoms with Crippen LogP contribution in [0.2, 0.25) is 0 Å². The summed E-state index contributed by atoms with van der Waals surface area (Å²) >= 11 is 0. The molecule has 0 aliphatic carbocycles. The lowest BCUT2D eigenvalue weighted by atomic mass is 10.0. The number of nitrogens with one attached hydrogen (secondary N) is 1. The summed E-state index contributed by atoms with van der Waals surface area (Å²) in [5.74, 6) is 1.63. The first-order chi connectivity index (χ1) is 5.40. The number of carbonyl (C=O) groups excluding carboxylic acids is 1. The first-order valence-corrected chi connectivity index (χ1v) is 4.27. The number of aldehydes is 1. The SMILES string of the molecule is O=CCN1CC2CNCC2C1. The summed E-state index contributed by atoms with van der Waals surface area (Å²) < 4.78 is 0. The van der Waals surface area contributed by atoms with E-state index in [0.29, 0.717) is 6.54 Å². The van der Waals surface area contributed by atoms with Gasteiger partial charge in [-0.3, -0.25) is 4.90 Å². The van der Waals surface area contributed by atoms with Crippen LogP contribution in [-0.4, -0.2) is 43.9 Å². The molecule has 0 saturated carbocycles. The summed E-state index contributed by atoms with van der Waals surface area (Å²) in [6.07, 6.45) is 1.01. The molecule has 2 unspecified atom stereocenters. The molecule has 0 aromatic rings. The van der Waals surface area contributed by atoms with Gasteiger partial charge in [0.15, 0.2) is 0 Å². The van der Waals surface area contributed by atoms with Crippen molar-refractivity contribution in [2.24, 2.45) is 11.8 Å². The highest BCUT2D eigenvalue weighted by molar-refractivity contribution is 5.52. The molecule has 2 fully saturated rings. The van der Waals surface area contributed by atoms with E-state index in [9.17, 15) is 4.79 Å². The summed E-state index contributed by atoms with van der Waals surface area (Å²) in [6.45, 7) is 5.18. The van der Waals surface area contributed by atoms with Gasteiger partial charge in [0.2, 0.25) is 0 Å². The average Bonchev–Trinajstić information content (AvgIpc) is 2.46. The third-order valence-corrected chi connectivity index (χ3v) is 2.80. The van der Waals surface area contributed by atoms with Crippen LogP contribution in [0.5, 0.6) is 0 Å². The highest BCUT2D eigenvalue weighted by Gasteiger charge is 2.35. The normalized spacial score (nSPS) is 37.5. The number of hydrogen-bond donors (Lipinski definition) is 1. The largest absolute Gasteiger partial charge is 0.316 e. The van der Waals surface area contributed by atoms with Crippen LogP contribution in [0.4, 0.5) is 0 Å². The second kappa shape index (κ2) is 2.91. The Morgan fingerprint density at radius 2 is 2.00 bits per heavy atom. The van der Waals surface area contributed by atoms with Crippen molar-refractivity contribution in [2.45, 2.75) is 0 Å². The maximum atomic E-state index is 10.2. The van der Waals surface area contributed by atoms with Crippen LogP contribution in [0, 0.1) is 11.8 Å². The summed E-state index contributed by atoms with van der Waals surface area (Å²) in [5.41, 5.74) is 0. The Balaban J connectivity index is 1.89. The lowest BCUT2D eigenvalue weighted by Gasteiger charge is -2.11. The van der Waals surface area contributed by atoms with Gasteiger partial charge in [-0.1, -0.05) is 0 Å². The van der Waals surface area contributed by atoms with Crippen LogP contribution in [0.15, 0.2) is 0 Å². The molecule has 1 N–H and O–H groups in total. The predicted octanol–water partition coefficient (Wildman–Crippen LogP) is -0.663. The maximum Gasteiger partial charge on any atom is 0.133 e. The van der Waals surface area contributed by atoms with Crippen molar-refractivity contribution >= 4 is 6.29 Å². The van der Waals surface area contributed by atoms with Gasteiger partial charge in [0.05, 0.1) is 6.54 Å². The minimum absolute atomic E-state index is 0.632. The molecule has 2 rings (SSSR count). The highest BCUT2D eigenvalue weighted by Crippen LogP contribution is 2.25. The molecule has 0 spiro atoms. The van der Waals surface area contributed by atoms with Crippen molar-refractivity contribution in [3.05, 3.63) is 0 Å². The van der Waals surface area contributed by atoms with Gasteiger partial charge in [0.25, 0.3) is 0 Å². The average molecular weight is 154 g/mol. The van der Waals surface area contributed by atoms with E-state index in [2.05, 4.69) is 10.2 Å². The lowest BCUT2D eigenvalue weighted by Crippen LogP contribution is -2.27. The fourth-order valence-electron chi connectivity index (χ4n) is 2.21. The molecule has 0 aromatic heterocycles. The molecular weight excluding hydrogens is 140 g/mol. The van der Waals surface area contributed by atoms with E-state index >= 15 is 0 Å². The van der Waals surface area contributed by atoms with Gasteiger partial charge in [0, 0.05) is 13.1 Å². The number of fused-ring (bicyclic) bond motifs is 1. The Labute approximate surface area is 66.8 Å². The van der Waals surface area contributed by atoms with E-state index < -0.39 is 0 Å². The highest BCUT2D eigenvalue weighted by atomic mass is 16.1. The fourth-order valence-corrected chi connectivity index (χ4v) is 2.21. The third kappa shape index (κ3) is 1.30. The molecule has 0 amide bonds. The minimum Gasteiger partial charge on any atom is -0.316 e. The van der Waals surface area contributed by atoms with E-state index in [0.717, 1.165) is 44.3 Å². The quantitative estimate of drug-likeness (QED) is 0.536. The van der Waals surface area contributed by atoms with Gasteiger partial charge in [-0.05, 0) is 24.9 Å². The Hall–Kier alpha value is -0.410. The van der Waals surface area contributed by atoms with Crippen LogP contribution >= 0.6 is 0 Å². The van der Waals surface area contributed by atoms with E-state index in [1.807, 2.05) is 0 Å². The molecule has 11 heavy (non-hydrogen) atoms. The van der Waals surface area contributed by atoms with Crippen molar-refractivity contribution in [2.75, 3.05) is 32.7 Å². The number of carbonyl (C=O) groups is 1. The molecule has 2 heterocycles. The zero-order valence-electron chi connectivity index (χ0n) is 6.62. The maximum absolute atomic E-state index is 10.2. The van der Waals surface area contributed by atoms with Gasteiger partial charge in [0.1, 0.15) is 6.29 Å². The summed E-state index contributed by atoms with van der Waals surface area (Å²) in [6, 6.07) is 0. The van der Waals surface area contributed by atoms with Gasteiger partial charge < -0.3 is 10.1 Å². The second-order valence-corrected chi connectivity index (χ2v) is 3.56. The zero-order chi connectivity index (χ0) is 7.68. The topological polar surface area (TPSA) is 32.3 Å². The number of rotatable bonds is 2. The first kappa shape index (κ1) is 7.25. The van der Waals surface area contributed by atoms with E-state index in [1.165, 1.54) is 0 Å². The van der Waals surface area contributed by atoms with E-state index in [-0.39, 0.29) is 0 Å². The van der Waals surface area contributed by atoms with Gasteiger partial charge in [-0.25, -0.2) is 0 Å². The zero-order valence-corrected chi connectivity index (χ0v) is 6.62. The van der Waals surface area contributed by atoms with Crippen molar-refractivity contribution in [3.8, 4) is 0 Å². The second-order valence-electron chi connectivity index (χ2n) is 3.56. The summed E-state index contributed by atoms with van der Waals surface area (Å²) in [4.78, 5) is 12.5. The van der Waals surface area contributed by atoms with Crippen LogP contribution in [0.1, 0.15) is 0 Å². The molecule has 2 aliphatic heterocycles. The smallest absolute Gasteiger partial charge is 0.133 e. The van der Waals surface area contributed by atoms with Crippen molar-refractivity contribution in [1.29, 1.82) is 0 Å². The molecule has 2 aliphatic rings. The van der Waals surface area contributed by atoms with Crippen LogP contribution < -0.4 is 5.32 Å². The molecule has 2 saturated heterocycles. The first-order valence-electron chi connectivity index (χ1n) is 4.27. The minimum atomic E-state index is 0.632. The van der Waals surface area contributed by atoms with Crippen LogP contribution in [0.25, 0.3) is 0 Å². The summed E-state index contributed by atoms with van der Waals surface area (Å²) in [7, 11) is 0. The van der Waals surface area contributed by atoms with Crippen molar-refractivity contribution < 1.29 is 4.79 Å². The fraction of sp³-hybridized carbons (Fsp3) is 0.875. The molecule has 0 bridgehead atoms. The van der Waals surface area contributed by atoms with Crippen molar-refractivity contribution in [3.63, 3.8) is 0 Å². The molecule has 0 aromatic carbocycles. The Morgan fingerprint density at radius 3 is 2.55 bits per heavy atom. The third-order valence-electron chi connectivity index (χ3n) is 2.80. The number of nitrogens with zero attached hydrogens (tertiary/aromatic N) is 1. The predicted molar refractivity (Wildman–Crippen MR) is 42.4 cm³/mol. The van der Waals surface area contributed by atoms with E-state index in [4.69, 9.17) is 0 Å².